The molecule has 4 rings (SSSR count). The topological polar surface area (TPSA) is 79.3 Å². The van der Waals surface area contributed by atoms with Crippen molar-refractivity contribution in [2.75, 3.05) is 60.1 Å². The zero-order valence-electron chi connectivity index (χ0n) is 20.4. The SMILES string of the molecule is COC(=O)C1=C(CN(C)CCN2CCOCC2)NC(c2ncc(F)cc2F)=NC1c1ccc(F)cc1Br. The summed E-state index contributed by atoms with van der Waals surface area (Å²) in [7, 11) is 3.15. The van der Waals surface area contributed by atoms with Crippen molar-refractivity contribution in [3.8, 4) is 0 Å². The minimum Gasteiger partial charge on any atom is -0.466 e. The van der Waals surface area contributed by atoms with Crippen molar-refractivity contribution in [1.29, 1.82) is 0 Å². The Morgan fingerprint density at radius 3 is 2.68 bits per heavy atom. The predicted molar refractivity (Wildman–Crippen MR) is 134 cm³/mol. The van der Waals surface area contributed by atoms with Crippen molar-refractivity contribution >= 4 is 27.7 Å². The van der Waals surface area contributed by atoms with Gasteiger partial charge in [0.15, 0.2) is 11.7 Å². The second-order valence-corrected chi connectivity index (χ2v) is 9.58. The Morgan fingerprint density at radius 2 is 2.00 bits per heavy atom. The molecule has 1 aromatic heterocycles. The monoisotopic (exact) mass is 581 g/mol. The molecule has 8 nitrogen and oxygen atoms in total. The lowest BCUT2D eigenvalue weighted by atomic mass is 9.95. The van der Waals surface area contributed by atoms with Crippen LogP contribution in [-0.2, 0) is 14.3 Å². The number of hydrogen-bond acceptors (Lipinski definition) is 8. The maximum atomic E-state index is 14.7. The first kappa shape index (κ1) is 27.2. The summed E-state index contributed by atoms with van der Waals surface area (Å²) in [6, 6.07) is 3.74. The van der Waals surface area contributed by atoms with Crippen molar-refractivity contribution < 1.29 is 27.4 Å². The van der Waals surface area contributed by atoms with Crippen LogP contribution in [0.2, 0.25) is 0 Å². The number of amidine groups is 1. The molecule has 1 aromatic carbocycles. The minimum absolute atomic E-state index is 0.0166. The number of halogens is 4. The Morgan fingerprint density at radius 1 is 1.24 bits per heavy atom. The van der Waals surface area contributed by atoms with E-state index in [1.54, 1.807) is 0 Å². The van der Waals surface area contributed by atoms with Gasteiger partial charge in [0.05, 0.1) is 32.1 Å². The molecule has 1 fully saturated rings. The summed E-state index contributed by atoms with van der Waals surface area (Å²) in [6.07, 6.45) is 0.888. The average molecular weight is 582 g/mol. The number of nitrogens with one attached hydrogen (secondary N) is 1. The summed E-state index contributed by atoms with van der Waals surface area (Å²) >= 11 is 3.35. The number of aliphatic imine (C=N–C) groups is 1. The zero-order chi connectivity index (χ0) is 26.5. The quantitative estimate of drug-likeness (QED) is 0.480. The number of morpholine rings is 1. The highest BCUT2D eigenvalue weighted by atomic mass is 79.9. The first-order chi connectivity index (χ1) is 17.8. The second kappa shape index (κ2) is 12.2. The molecule has 1 N–H and O–H groups in total. The van der Waals surface area contributed by atoms with Crippen molar-refractivity contribution in [1.82, 2.24) is 20.1 Å². The third-order valence-corrected chi connectivity index (χ3v) is 6.84. The third kappa shape index (κ3) is 6.56. The lowest BCUT2D eigenvalue weighted by molar-refractivity contribution is -0.136. The fourth-order valence-electron chi connectivity index (χ4n) is 4.21. The van der Waals surface area contributed by atoms with Gasteiger partial charge < -0.3 is 14.8 Å². The molecule has 0 spiro atoms. The van der Waals surface area contributed by atoms with E-state index in [-0.39, 0.29) is 23.6 Å². The fraction of sp³-hybridized carbons (Fsp3) is 0.400. The number of carbonyl (C=O) groups is 1. The summed E-state index contributed by atoms with van der Waals surface area (Å²) in [5, 5.41) is 3.03. The van der Waals surface area contributed by atoms with Gasteiger partial charge in [-0.1, -0.05) is 22.0 Å². The highest BCUT2D eigenvalue weighted by Crippen LogP contribution is 2.36. The van der Waals surface area contributed by atoms with Gasteiger partial charge in [0.1, 0.15) is 23.4 Å². The number of ether oxygens (including phenoxy) is 2. The van der Waals surface area contributed by atoms with Crippen LogP contribution in [0, 0.1) is 17.5 Å². The molecule has 37 heavy (non-hydrogen) atoms. The van der Waals surface area contributed by atoms with Crippen LogP contribution in [0.15, 0.2) is 51.2 Å². The van der Waals surface area contributed by atoms with Crippen molar-refractivity contribution in [3.05, 3.63) is 74.9 Å². The van der Waals surface area contributed by atoms with E-state index in [0.717, 1.165) is 25.8 Å². The zero-order valence-corrected chi connectivity index (χ0v) is 22.0. The molecule has 0 saturated carbocycles. The van der Waals surface area contributed by atoms with Crippen molar-refractivity contribution in [2.24, 2.45) is 4.99 Å². The molecule has 0 aliphatic carbocycles. The van der Waals surface area contributed by atoms with Crippen LogP contribution in [0.4, 0.5) is 13.2 Å². The number of rotatable bonds is 8. The largest absolute Gasteiger partial charge is 0.466 e. The van der Waals surface area contributed by atoms with Crippen LogP contribution >= 0.6 is 15.9 Å². The van der Waals surface area contributed by atoms with Gasteiger partial charge in [0.25, 0.3) is 0 Å². The van der Waals surface area contributed by atoms with E-state index in [0.29, 0.717) is 41.6 Å². The number of esters is 1. The molecule has 198 valence electrons. The Balaban J connectivity index is 1.72. The molecule has 12 heteroatoms. The van der Waals surface area contributed by atoms with Gasteiger partial charge >= 0.3 is 5.97 Å². The molecule has 1 unspecified atom stereocenters. The Bertz CT molecular complexity index is 1220. The summed E-state index contributed by atoms with van der Waals surface area (Å²) in [5.41, 5.74) is 0.881. The highest BCUT2D eigenvalue weighted by Gasteiger charge is 2.34. The van der Waals surface area contributed by atoms with Gasteiger partial charge in [0.2, 0.25) is 0 Å². The number of hydrogen-bond donors (Lipinski definition) is 1. The molecule has 2 aliphatic heterocycles. The van der Waals surface area contributed by atoms with Crippen LogP contribution in [0.25, 0.3) is 0 Å². The van der Waals surface area contributed by atoms with E-state index in [1.807, 2.05) is 11.9 Å². The fourth-order valence-corrected chi connectivity index (χ4v) is 4.78. The molecule has 0 amide bonds. The third-order valence-electron chi connectivity index (χ3n) is 6.15. The molecule has 2 aliphatic rings. The van der Waals surface area contributed by atoms with Crippen LogP contribution in [-0.4, -0.2) is 86.7 Å². The van der Waals surface area contributed by atoms with E-state index in [9.17, 15) is 18.0 Å². The van der Waals surface area contributed by atoms with Crippen LogP contribution < -0.4 is 5.32 Å². The maximum Gasteiger partial charge on any atom is 0.338 e. The maximum absolute atomic E-state index is 14.7. The Labute approximate surface area is 221 Å². The number of benzene rings is 1. The first-order valence-corrected chi connectivity index (χ1v) is 12.5. The lowest BCUT2D eigenvalue weighted by Crippen LogP contribution is -2.43. The number of pyridine rings is 1. The molecule has 3 heterocycles. The van der Waals surface area contributed by atoms with Crippen LogP contribution in [0.5, 0.6) is 0 Å². The van der Waals surface area contributed by atoms with Gasteiger partial charge in [-0.15, -0.1) is 0 Å². The standard InChI is InChI=1S/C25H27BrF3N5O3/c1-33(5-6-34-7-9-37-10-8-34)14-20-21(25(35)36-2)22(17-4-3-15(27)11-18(17)26)32-24(31-20)23-19(29)12-16(28)13-30-23/h3-4,11-13,22H,5-10,14H2,1-2H3,(H,31,32). The normalized spacial score (nSPS) is 18.6. The van der Waals surface area contributed by atoms with Gasteiger partial charge in [-0.2, -0.15) is 0 Å². The number of likely N-dealkylation sites (N-methyl/N-ethyl adjacent to an activating group) is 1. The summed E-state index contributed by atoms with van der Waals surface area (Å²) < 4.78 is 53.0. The number of aromatic nitrogens is 1. The molecule has 1 saturated heterocycles. The van der Waals surface area contributed by atoms with Crippen molar-refractivity contribution in [3.63, 3.8) is 0 Å². The van der Waals surface area contributed by atoms with E-state index >= 15 is 0 Å². The molecule has 2 aromatic rings. The predicted octanol–water partition coefficient (Wildman–Crippen LogP) is 3.04. The summed E-state index contributed by atoms with van der Waals surface area (Å²) in [4.78, 5) is 25.8. The first-order valence-electron chi connectivity index (χ1n) is 11.7. The molecule has 1 atom stereocenters. The van der Waals surface area contributed by atoms with Gasteiger partial charge in [-0.25, -0.2) is 22.9 Å². The van der Waals surface area contributed by atoms with Gasteiger partial charge in [0, 0.05) is 49.0 Å². The van der Waals surface area contributed by atoms with E-state index in [1.165, 1.54) is 25.3 Å². The molecule has 0 bridgehead atoms. The smallest absolute Gasteiger partial charge is 0.338 e. The van der Waals surface area contributed by atoms with E-state index < -0.39 is 29.5 Å². The highest BCUT2D eigenvalue weighted by molar-refractivity contribution is 9.10. The number of carbonyl (C=O) groups excluding carboxylic acids is 1. The van der Waals surface area contributed by atoms with Gasteiger partial charge in [-0.3, -0.25) is 14.8 Å². The molecular weight excluding hydrogens is 555 g/mol. The van der Waals surface area contributed by atoms with E-state index in [4.69, 9.17) is 9.47 Å². The van der Waals surface area contributed by atoms with Crippen LogP contribution in [0.1, 0.15) is 17.3 Å². The molecular formula is C25H27BrF3N5O3. The summed E-state index contributed by atoms with van der Waals surface area (Å²) in [5.74, 6) is -2.84. The lowest BCUT2D eigenvalue weighted by Gasteiger charge is -2.31. The van der Waals surface area contributed by atoms with Crippen LogP contribution in [0.3, 0.4) is 0 Å². The minimum atomic E-state index is -0.965. The summed E-state index contributed by atoms with van der Waals surface area (Å²) in [6.45, 7) is 4.81. The number of methoxy groups -OCH3 is 1. The van der Waals surface area contributed by atoms with Crippen molar-refractivity contribution in [2.45, 2.75) is 6.04 Å². The molecule has 0 radical (unpaired) electrons. The second-order valence-electron chi connectivity index (χ2n) is 8.73. The Kier molecular flexibility index (Phi) is 8.95. The number of nitrogens with zero attached hydrogens (tertiary/aromatic N) is 4. The van der Waals surface area contributed by atoms with E-state index in [2.05, 4.69) is 36.1 Å². The van der Waals surface area contributed by atoms with Gasteiger partial charge in [-0.05, 0) is 24.7 Å². The Hall–Kier alpha value is -2.80. The average Bonchev–Trinajstić information content (AvgIpc) is 2.87.